The van der Waals surface area contributed by atoms with Crippen molar-refractivity contribution in [2.24, 2.45) is 22.7 Å². The standard InChI is InChI=1S/C15H22O3/c1-8-12-11(17)6-15(12,3)10-5-14(2,7-16)4-9(10)13(8)18/h9-10,13,16,18H,4-7H2,1-3H3/t9-,10+,13-,14+,15-/m1/s1. The Kier molecular flexibility index (Phi) is 2.37. The van der Waals surface area contributed by atoms with Crippen molar-refractivity contribution >= 4 is 5.78 Å². The van der Waals surface area contributed by atoms with Crippen LogP contribution in [0.1, 0.15) is 40.0 Å². The zero-order chi connectivity index (χ0) is 13.3. The Bertz CT molecular complexity index is 453. The highest BCUT2D eigenvalue weighted by Gasteiger charge is 2.62. The van der Waals surface area contributed by atoms with Gasteiger partial charge in [0.15, 0.2) is 5.78 Å². The van der Waals surface area contributed by atoms with E-state index in [1.54, 1.807) is 0 Å². The van der Waals surface area contributed by atoms with Gasteiger partial charge >= 0.3 is 0 Å². The van der Waals surface area contributed by atoms with E-state index in [2.05, 4.69) is 13.8 Å². The van der Waals surface area contributed by atoms with Crippen LogP contribution in [0.15, 0.2) is 11.1 Å². The summed E-state index contributed by atoms with van der Waals surface area (Å²) in [5.74, 6) is 0.773. The second-order valence-corrected chi connectivity index (χ2v) is 7.17. The molecule has 0 heterocycles. The second-order valence-electron chi connectivity index (χ2n) is 7.17. The molecule has 0 unspecified atom stereocenters. The summed E-state index contributed by atoms with van der Waals surface area (Å²) in [6.45, 7) is 6.34. The average Bonchev–Trinajstić information content (AvgIpc) is 2.66. The number of allylic oxidation sites excluding steroid dienone is 1. The number of Topliss-reactive ketones (excluding diaryl/α,β-unsaturated/α-hetero) is 1. The zero-order valence-corrected chi connectivity index (χ0v) is 11.4. The minimum atomic E-state index is -0.490. The summed E-state index contributed by atoms with van der Waals surface area (Å²) in [7, 11) is 0. The van der Waals surface area contributed by atoms with Crippen molar-refractivity contribution in [1.82, 2.24) is 0 Å². The van der Waals surface area contributed by atoms with Crippen molar-refractivity contribution in [3.05, 3.63) is 11.1 Å². The molecule has 18 heavy (non-hydrogen) atoms. The number of fused-ring (bicyclic) bond motifs is 3. The number of aliphatic hydroxyl groups is 2. The molecule has 2 saturated carbocycles. The van der Waals surface area contributed by atoms with Gasteiger partial charge in [0.2, 0.25) is 0 Å². The lowest BCUT2D eigenvalue weighted by molar-refractivity contribution is -0.129. The number of hydrogen-bond donors (Lipinski definition) is 2. The lowest BCUT2D eigenvalue weighted by Gasteiger charge is -2.53. The molecule has 0 aromatic carbocycles. The van der Waals surface area contributed by atoms with Crippen molar-refractivity contribution in [3.63, 3.8) is 0 Å². The fraction of sp³-hybridized carbons (Fsp3) is 0.800. The molecule has 100 valence electrons. The summed E-state index contributed by atoms with van der Waals surface area (Å²) in [6.07, 6.45) is 1.92. The molecular formula is C15H22O3. The van der Waals surface area contributed by atoms with Crippen LogP contribution in [0.25, 0.3) is 0 Å². The molecule has 0 radical (unpaired) electrons. The normalized spacial score (nSPS) is 50.9. The van der Waals surface area contributed by atoms with Crippen molar-refractivity contribution in [2.45, 2.75) is 46.1 Å². The van der Waals surface area contributed by atoms with Gasteiger partial charge in [-0.1, -0.05) is 13.8 Å². The summed E-state index contributed by atoms with van der Waals surface area (Å²) >= 11 is 0. The Morgan fingerprint density at radius 2 is 2.00 bits per heavy atom. The van der Waals surface area contributed by atoms with Gasteiger partial charge in [-0.15, -0.1) is 0 Å². The van der Waals surface area contributed by atoms with Gasteiger partial charge in [0.1, 0.15) is 0 Å². The number of ketones is 1. The van der Waals surface area contributed by atoms with E-state index in [1.807, 2.05) is 6.92 Å². The maximum absolute atomic E-state index is 11.8. The topological polar surface area (TPSA) is 57.5 Å². The van der Waals surface area contributed by atoms with E-state index in [0.29, 0.717) is 12.3 Å². The first-order valence-corrected chi connectivity index (χ1v) is 6.86. The van der Waals surface area contributed by atoms with E-state index in [-0.39, 0.29) is 29.1 Å². The van der Waals surface area contributed by atoms with E-state index in [0.717, 1.165) is 24.0 Å². The first-order chi connectivity index (χ1) is 8.32. The zero-order valence-electron chi connectivity index (χ0n) is 11.4. The van der Waals surface area contributed by atoms with E-state index >= 15 is 0 Å². The Hall–Kier alpha value is -0.670. The van der Waals surface area contributed by atoms with Gasteiger partial charge in [-0.2, -0.15) is 0 Å². The maximum Gasteiger partial charge on any atom is 0.160 e. The van der Waals surface area contributed by atoms with E-state index in [9.17, 15) is 15.0 Å². The third-order valence-electron chi connectivity index (χ3n) is 5.78. The molecule has 3 heteroatoms. The molecule has 0 aliphatic heterocycles. The number of rotatable bonds is 1. The van der Waals surface area contributed by atoms with Crippen molar-refractivity contribution < 1.29 is 15.0 Å². The van der Waals surface area contributed by atoms with Gasteiger partial charge in [0.25, 0.3) is 0 Å². The third-order valence-corrected chi connectivity index (χ3v) is 5.78. The first kappa shape index (κ1) is 12.4. The van der Waals surface area contributed by atoms with Gasteiger partial charge in [-0.3, -0.25) is 4.79 Å². The summed E-state index contributed by atoms with van der Waals surface area (Å²) in [5.41, 5.74) is 1.64. The van der Waals surface area contributed by atoms with E-state index in [1.165, 1.54) is 0 Å². The number of aliphatic hydroxyl groups excluding tert-OH is 2. The van der Waals surface area contributed by atoms with Gasteiger partial charge in [0.05, 0.1) is 6.10 Å². The highest BCUT2D eigenvalue weighted by molar-refractivity contribution is 6.05. The molecular weight excluding hydrogens is 228 g/mol. The molecule has 2 N–H and O–H groups in total. The number of carbonyl (C=O) groups is 1. The summed E-state index contributed by atoms with van der Waals surface area (Å²) in [4.78, 5) is 11.8. The quantitative estimate of drug-likeness (QED) is 0.744. The first-order valence-electron chi connectivity index (χ1n) is 6.86. The van der Waals surface area contributed by atoms with Crippen LogP contribution in [-0.4, -0.2) is 28.7 Å². The Labute approximate surface area is 108 Å². The largest absolute Gasteiger partial charge is 0.396 e. The lowest BCUT2D eigenvalue weighted by Crippen LogP contribution is -2.52. The van der Waals surface area contributed by atoms with Crippen LogP contribution in [0.5, 0.6) is 0 Å². The highest BCUT2D eigenvalue weighted by atomic mass is 16.3. The summed E-state index contributed by atoms with van der Waals surface area (Å²) < 4.78 is 0. The number of hydrogen-bond acceptors (Lipinski definition) is 3. The van der Waals surface area contributed by atoms with Crippen LogP contribution in [0, 0.1) is 22.7 Å². The third kappa shape index (κ3) is 1.29. The molecule has 0 bridgehead atoms. The molecule has 0 amide bonds. The molecule has 3 rings (SSSR count). The maximum atomic E-state index is 11.8. The Morgan fingerprint density at radius 3 is 2.56 bits per heavy atom. The predicted octanol–water partition coefficient (Wildman–Crippen LogP) is 1.68. The van der Waals surface area contributed by atoms with Crippen LogP contribution in [-0.2, 0) is 4.79 Å². The minimum Gasteiger partial charge on any atom is -0.396 e. The van der Waals surface area contributed by atoms with Crippen LogP contribution >= 0.6 is 0 Å². The van der Waals surface area contributed by atoms with Gasteiger partial charge in [0, 0.05) is 24.0 Å². The van der Waals surface area contributed by atoms with E-state index < -0.39 is 6.10 Å². The highest BCUT2D eigenvalue weighted by Crippen LogP contribution is 2.64. The molecule has 0 spiro atoms. The molecule has 0 aromatic heterocycles. The molecule has 0 saturated heterocycles. The molecule has 3 nitrogen and oxygen atoms in total. The van der Waals surface area contributed by atoms with E-state index in [4.69, 9.17) is 0 Å². The molecule has 2 fully saturated rings. The SMILES string of the molecule is CC1=C2C(=O)C[C@]2(C)[C@H]2C[C@@](C)(CO)C[C@H]2[C@@H]1O. The van der Waals surface area contributed by atoms with Crippen LogP contribution in [0.4, 0.5) is 0 Å². The monoisotopic (exact) mass is 250 g/mol. The Morgan fingerprint density at radius 1 is 1.33 bits per heavy atom. The molecule has 3 aliphatic carbocycles. The minimum absolute atomic E-state index is 0.0437. The van der Waals surface area contributed by atoms with Crippen molar-refractivity contribution in [2.75, 3.05) is 6.61 Å². The average molecular weight is 250 g/mol. The van der Waals surface area contributed by atoms with Crippen molar-refractivity contribution in [3.8, 4) is 0 Å². The van der Waals surface area contributed by atoms with Gasteiger partial charge in [-0.05, 0) is 42.6 Å². The van der Waals surface area contributed by atoms with Gasteiger partial charge < -0.3 is 10.2 Å². The van der Waals surface area contributed by atoms with Crippen LogP contribution in [0.3, 0.4) is 0 Å². The van der Waals surface area contributed by atoms with Crippen molar-refractivity contribution in [1.29, 1.82) is 0 Å². The smallest absolute Gasteiger partial charge is 0.160 e. The molecule has 3 aliphatic rings. The van der Waals surface area contributed by atoms with Gasteiger partial charge in [-0.25, -0.2) is 0 Å². The predicted molar refractivity (Wildman–Crippen MR) is 67.8 cm³/mol. The molecule has 0 aromatic rings. The van der Waals surface area contributed by atoms with Crippen LogP contribution in [0.2, 0.25) is 0 Å². The fourth-order valence-electron chi connectivity index (χ4n) is 4.81. The molecule has 5 atom stereocenters. The number of carbonyl (C=O) groups excluding carboxylic acids is 1. The second kappa shape index (κ2) is 3.45. The fourth-order valence-corrected chi connectivity index (χ4v) is 4.81. The Balaban J connectivity index is 2.03. The summed E-state index contributed by atoms with van der Waals surface area (Å²) in [6, 6.07) is 0. The summed E-state index contributed by atoms with van der Waals surface area (Å²) in [5, 5.41) is 20.0. The lowest BCUT2D eigenvalue weighted by atomic mass is 9.50. The van der Waals surface area contributed by atoms with Crippen LogP contribution < -0.4 is 0 Å².